The largest absolute Gasteiger partial charge is 0.494 e. The second-order valence-corrected chi connectivity index (χ2v) is 3.06. The quantitative estimate of drug-likeness (QED) is 0.803. The summed E-state index contributed by atoms with van der Waals surface area (Å²) in [7, 11) is 0. The summed E-state index contributed by atoms with van der Waals surface area (Å²) >= 11 is 5.24. The molecule has 1 aromatic carbocycles. The van der Waals surface area contributed by atoms with Crippen molar-refractivity contribution in [2.45, 2.75) is 6.92 Å². The number of hydrogen-bond donors (Lipinski definition) is 1. The average molecular weight is 229 g/mol. The fourth-order valence-electron chi connectivity index (χ4n) is 1.13. The van der Waals surface area contributed by atoms with E-state index in [1.165, 1.54) is 18.2 Å². The van der Waals surface area contributed by atoms with Crippen LogP contribution in [0.4, 0.5) is 0 Å². The molecule has 4 nitrogen and oxygen atoms in total. The van der Waals surface area contributed by atoms with Crippen LogP contribution in [0.2, 0.25) is 0 Å². The molecule has 5 heteroatoms. The van der Waals surface area contributed by atoms with Gasteiger partial charge in [0, 0.05) is 5.56 Å². The molecule has 0 spiro atoms. The Labute approximate surface area is 91.4 Å². The highest BCUT2D eigenvalue weighted by Gasteiger charge is 2.15. The summed E-state index contributed by atoms with van der Waals surface area (Å²) in [4.78, 5) is 21.7. The first kappa shape index (κ1) is 11.5. The predicted octanol–water partition coefficient (Wildman–Crippen LogP) is 2.16. The number of halogens is 1. The monoisotopic (exact) mass is 228 g/mol. The van der Waals surface area contributed by atoms with Crippen molar-refractivity contribution in [1.29, 1.82) is 0 Å². The fraction of sp³-hybridized carbons (Fsp3) is 0.200. The van der Waals surface area contributed by atoms with Crippen molar-refractivity contribution < 1.29 is 19.4 Å². The zero-order valence-electron chi connectivity index (χ0n) is 7.99. The van der Waals surface area contributed by atoms with Gasteiger partial charge >= 0.3 is 5.97 Å². The van der Waals surface area contributed by atoms with Crippen LogP contribution in [0.3, 0.4) is 0 Å². The summed E-state index contributed by atoms with van der Waals surface area (Å²) in [5.41, 5.74) is -0.187. The van der Waals surface area contributed by atoms with Crippen LogP contribution in [0.1, 0.15) is 27.6 Å². The smallest absolute Gasteiger partial charge is 0.336 e. The third-order valence-electron chi connectivity index (χ3n) is 1.74. The Hall–Kier alpha value is -1.55. The molecule has 0 radical (unpaired) electrons. The lowest BCUT2D eigenvalue weighted by Gasteiger charge is -2.06. The lowest BCUT2D eigenvalue weighted by Crippen LogP contribution is -2.05. The van der Waals surface area contributed by atoms with Gasteiger partial charge in [0.1, 0.15) is 5.75 Å². The SMILES string of the molecule is CCOc1ccc(C(=O)Cl)c(C(=O)O)c1. The molecule has 0 aliphatic carbocycles. The van der Waals surface area contributed by atoms with Crippen LogP contribution in [-0.2, 0) is 0 Å². The molecule has 0 aliphatic rings. The van der Waals surface area contributed by atoms with Gasteiger partial charge < -0.3 is 9.84 Å². The van der Waals surface area contributed by atoms with Gasteiger partial charge in [-0.15, -0.1) is 0 Å². The summed E-state index contributed by atoms with van der Waals surface area (Å²) < 4.78 is 5.11. The number of carbonyl (C=O) groups is 2. The van der Waals surface area contributed by atoms with Gasteiger partial charge in [-0.05, 0) is 36.7 Å². The van der Waals surface area contributed by atoms with Gasteiger partial charge in [0.15, 0.2) is 0 Å². The molecule has 0 aliphatic heterocycles. The van der Waals surface area contributed by atoms with Gasteiger partial charge in [-0.1, -0.05) is 0 Å². The van der Waals surface area contributed by atoms with Crippen molar-refractivity contribution in [3.05, 3.63) is 29.3 Å². The molecular formula is C10H9ClO4. The van der Waals surface area contributed by atoms with Crippen molar-refractivity contribution >= 4 is 22.8 Å². The number of ether oxygens (including phenoxy) is 1. The average Bonchev–Trinajstić information content (AvgIpc) is 2.17. The standard InChI is InChI=1S/C10H9ClO4/c1-2-15-6-3-4-7(9(11)12)8(5-6)10(13)14/h3-5H,2H2,1H3,(H,13,14). The van der Waals surface area contributed by atoms with E-state index in [0.717, 1.165) is 0 Å². The minimum absolute atomic E-state index is 0.0346. The number of hydrogen-bond acceptors (Lipinski definition) is 3. The lowest BCUT2D eigenvalue weighted by atomic mass is 10.1. The van der Waals surface area contributed by atoms with E-state index in [4.69, 9.17) is 21.4 Å². The third kappa shape index (κ3) is 2.70. The molecule has 0 saturated heterocycles. The fourth-order valence-corrected chi connectivity index (χ4v) is 1.29. The highest BCUT2D eigenvalue weighted by Crippen LogP contribution is 2.19. The highest BCUT2D eigenvalue weighted by atomic mass is 35.5. The highest BCUT2D eigenvalue weighted by molar-refractivity contribution is 6.68. The van der Waals surface area contributed by atoms with Gasteiger partial charge in [0.2, 0.25) is 0 Å². The molecule has 15 heavy (non-hydrogen) atoms. The Kier molecular flexibility index (Phi) is 3.68. The van der Waals surface area contributed by atoms with Crippen LogP contribution in [0.5, 0.6) is 5.75 Å². The molecule has 0 heterocycles. The molecule has 1 aromatic rings. The Morgan fingerprint density at radius 1 is 1.40 bits per heavy atom. The molecule has 1 N–H and O–H groups in total. The number of benzene rings is 1. The Balaban J connectivity index is 3.21. The summed E-state index contributed by atoms with van der Waals surface area (Å²) in [5.74, 6) is -0.808. The Morgan fingerprint density at radius 3 is 2.53 bits per heavy atom. The minimum atomic E-state index is -1.21. The van der Waals surface area contributed by atoms with Crippen molar-refractivity contribution in [1.82, 2.24) is 0 Å². The van der Waals surface area contributed by atoms with Crippen LogP contribution in [0.15, 0.2) is 18.2 Å². The molecule has 0 aromatic heterocycles. The van der Waals surface area contributed by atoms with Gasteiger partial charge in [-0.25, -0.2) is 4.79 Å². The van der Waals surface area contributed by atoms with E-state index in [1.807, 2.05) is 0 Å². The molecular weight excluding hydrogens is 220 g/mol. The van der Waals surface area contributed by atoms with Crippen LogP contribution in [-0.4, -0.2) is 22.9 Å². The van der Waals surface area contributed by atoms with E-state index >= 15 is 0 Å². The summed E-state index contributed by atoms with van der Waals surface area (Å²) in [6.45, 7) is 2.20. The minimum Gasteiger partial charge on any atom is -0.494 e. The molecule has 0 saturated carbocycles. The van der Waals surface area contributed by atoms with Crippen molar-refractivity contribution in [2.24, 2.45) is 0 Å². The van der Waals surface area contributed by atoms with Crippen LogP contribution in [0.25, 0.3) is 0 Å². The molecule has 80 valence electrons. The molecule has 0 fully saturated rings. The topological polar surface area (TPSA) is 63.6 Å². The number of carbonyl (C=O) groups excluding carboxylic acids is 1. The maximum atomic E-state index is 10.9. The van der Waals surface area contributed by atoms with E-state index in [2.05, 4.69) is 0 Å². The van der Waals surface area contributed by atoms with Crippen molar-refractivity contribution in [3.63, 3.8) is 0 Å². The summed E-state index contributed by atoms with van der Waals surface area (Å²) in [6, 6.07) is 4.12. The van der Waals surface area contributed by atoms with Crippen LogP contribution >= 0.6 is 11.6 Å². The predicted molar refractivity (Wildman–Crippen MR) is 54.8 cm³/mol. The number of carboxylic acid groups (broad SMARTS) is 1. The summed E-state index contributed by atoms with van der Waals surface area (Å²) in [5, 5.41) is 8.04. The first-order valence-electron chi connectivity index (χ1n) is 4.26. The number of carboxylic acids is 1. The van der Waals surface area contributed by atoms with E-state index < -0.39 is 11.2 Å². The summed E-state index contributed by atoms with van der Waals surface area (Å²) in [6.07, 6.45) is 0. The second kappa shape index (κ2) is 4.79. The Morgan fingerprint density at radius 2 is 2.07 bits per heavy atom. The van der Waals surface area contributed by atoms with Crippen LogP contribution < -0.4 is 4.74 Å². The maximum absolute atomic E-state index is 10.9. The molecule has 0 amide bonds. The molecule has 0 unspecified atom stereocenters. The lowest BCUT2D eigenvalue weighted by molar-refractivity contribution is 0.0693. The second-order valence-electron chi connectivity index (χ2n) is 2.72. The first-order valence-corrected chi connectivity index (χ1v) is 4.64. The van der Waals surface area contributed by atoms with Gasteiger partial charge in [0.05, 0.1) is 12.2 Å². The van der Waals surface area contributed by atoms with Gasteiger partial charge in [-0.2, -0.15) is 0 Å². The molecule has 0 bridgehead atoms. The van der Waals surface area contributed by atoms with E-state index in [0.29, 0.717) is 12.4 Å². The van der Waals surface area contributed by atoms with Gasteiger partial charge in [0.25, 0.3) is 5.24 Å². The molecule has 0 atom stereocenters. The van der Waals surface area contributed by atoms with Crippen molar-refractivity contribution in [3.8, 4) is 5.75 Å². The normalized spacial score (nSPS) is 9.73. The first-order chi connectivity index (χ1) is 7.06. The Bertz CT molecular complexity index is 400. The third-order valence-corrected chi connectivity index (χ3v) is 1.95. The zero-order valence-corrected chi connectivity index (χ0v) is 8.75. The maximum Gasteiger partial charge on any atom is 0.336 e. The molecule has 1 rings (SSSR count). The van der Waals surface area contributed by atoms with E-state index in [-0.39, 0.29) is 11.1 Å². The number of aromatic carboxylic acids is 1. The van der Waals surface area contributed by atoms with E-state index in [1.54, 1.807) is 6.92 Å². The van der Waals surface area contributed by atoms with E-state index in [9.17, 15) is 9.59 Å². The number of rotatable bonds is 4. The van der Waals surface area contributed by atoms with Crippen LogP contribution in [0, 0.1) is 0 Å². The van der Waals surface area contributed by atoms with Crippen molar-refractivity contribution in [2.75, 3.05) is 6.61 Å². The van der Waals surface area contributed by atoms with Gasteiger partial charge in [-0.3, -0.25) is 4.79 Å². The zero-order chi connectivity index (χ0) is 11.4.